The second kappa shape index (κ2) is 9.62. The Hall–Kier alpha value is -2.78. The quantitative estimate of drug-likeness (QED) is 0.307. The van der Waals surface area contributed by atoms with Crippen molar-refractivity contribution >= 4 is 22.6 Å². The summed E-state index contributed by atoms with van der Waals surface area (Å²) in [6.07, 6.45) is 6.30. The van der Waals surface area contributed by atoms with Crippen LogP contribution in [0, 0.1) is 0 Å². The Morgan fingerprint density at radius 3 is 2.55 bits per heavy atom. The lowest BCUT2D eigenvalue weighted by molar-refractivity contribution is 0.361. The van der Waals surface area contributed by atoms with E-state index < -0.39 is 5.63 Å². The third kappa shape index (κ3) is 5.61. The van der Waals surface area contributed by atoms with E-state index in [2.05, 4.69) is 32.9 Å². The molecule has 2 aromatic carbocycles. The van der Waals surface area contributed by atoms with E-state index in [1.54, 1.807) is 12.1 Å². The maximum absolute atomic E-state index is 12.1. The van der Waals surface area contributed by atoms with E-state index in [1.807, 2.05) is 30.3 Å². The molecule has 150 valence electrons. The van der Waals surface area contributed by atoms with Gasteiger partial charge in [0, 0.05) is 17.5 Å². The minimum absolute atomic E-state index is 0.403. The molecular formula is C25H25ClO3. The average molecular weight is 409 g/mol. The zero-order valence-electron chi connectivity index (χ0n) is 17.0. The first-order chi connectivity index (χ1) is 13.9. The van der Waals surface area contributed by atoms with Crippen molar-refractivity contribution < 1.29 is 9.15 Å². The summed E-state index contributed by atoms with van der Waals surface area (Å²) in [6, 6.07) is 14.7. The summed E-state index contributed by atoms with van der Waals surface area (Å²) in [7, 11) is 0. The molecule has 1 heterocycles. The van der Waals surface area contributed by atoms with Crippen LogP contribution < -0.4 is 10.4 Å². The molecule has 3 rings (SSSR count). The summed E-state index contributed by atoms with van der Waals surface area (Å²) in [4.78, 5) is 12.1. The summed E-state index contributed by atoms with van der Waals surface area (Å²) < 4.78 is 11.2. The van der Waals surface area contributed by atoms with Crippen LogP contribution in [-0.2, 0) is 0 Å². The summed E-state index contributed by atoms with van der Waals surface area (Å²) >= 11 is 6.46. The van der Waals surface area contributed by atoms with E-state index in [4.69, 9.17) is 20.8 Å². The Bertz CT molecular complexity index is 1100. The minimum Gasteiger partial charge on any atom is -0.488 e. The number of fused-ring (bicyclic) bond motifs is 1. The number of hydrogen-bond donors (Lipinski definition) is 0. The van der Waals surface area contributed by atoms with E-state index in [0.717, 1.165) is 29.4 Å². The van der Waals surface area contributed by atoms with Crippen molar-refractivity contribution in [3.8, 4) is 16.9 Å². The van der Waals surface area contributed by atoms with E-state index in [-0.39, 0.29) is 0 Å². The first-order valence-electron chi connectivity index (χ1n) is 9.68. The van der Waals surface area contributed by atoms with Crippen molar-refractivity contribution in [1.82, 2.24) is 0 Å². The normalized spacial score (nSPS) is 11.5. The Morgan fingerprint density at radius 2 is 1.83 bits per heavy atom. The van der Waals surface area contributed by atoms with Crippen LogP contribution >= 0.6 is 11.6 Å². The lowest BCUT2D eigenvalue weighted by Crippen LogP contribution is -2.00. The fourth-order valence-corrected chi connectivity index (χ4v) is 3.31. The van der Waals surface area contributed by atoms with Crippen LogP contribution in [0.1, 0.15) is 33.6 Å². The molecule has 0 amide bonds. The lowest BCUT2D eigenvalue weighted by Gasteiger charge is -2.10. The molecule has 0 atom stereocenters. The van der Waals surface area contributed by atoms with Crippen LogP contribution in [0.4, 0.5) is 0 Å². The van der Waals surface area contributed by atoms with Gasteiger partial charge in [-0.3, -0.25) is 0 Å². The Balaban J connectivity index is 1.83. The molecule has 3 aromatic rings. The first-order valence-corrected chi connectivity index (χ1v) is 10.1. The predicted molar refractivity (Wildman–Crippen MR) is 121 cm³/mol. The molecule has 0 fully saturated rings. The number of rotatable bonds is 7. The summed E-state index contributed by atoms with van der Waals surface area (Å²) in [5.41, 5.74) is 4.37. The molecule has 0 radical (unpaired) electrons. The molecule has 0 bridgehead atoms. The highest BCUT2D eigenvalue weighted by atomic mass is 35.5. The predicted octanol–water partition coefficient (Wildman–Crippen LogP) is 7.18. The average Bonchev–Trinajstić information content (AvgIpc) is 2.68. The molecule has 3 nitrogen and oxygen atoms in total. The minimum atomic E-state index is -0.403. The van der Waals surface area contributed by atoms with Gasteiger partial charge in [0.2, 0.25) is 0 Å². The van der Waals surface area contributed by atoms with E-state index >= 15 is 0 Å². The van der Waals surface area contributed by atoms with Crippen molar-refractivity contribution in [1.29, 1.82) is 0 Å². The van der Waals surface area contributed by atoms with Crippen molar-refractivity contribution in [3.05, 3.63) is 87.3 Å². The Labute approximate surface area is 176 Å². The van der Waals surface area contributed by atoms with Gasteiger partial charge < -0.3 is 9.15 Å². The van der Waals surface area contributed by atoms with E-state index in [9.17, 15) is 4.79 Å². The topological polar surface area (TPSA) is 39.4 Å². The molecular weight excluding hydrogens is 384 g/mol. The van der Waals surface area contributed by atoms with Crippen LogP contribution in [0.15, 0.2) is 81.0 Å². The zero-order valence-corrected chi connectivity index (χ0v) is 17.8. The second-order valence-electron chi connectivity index (χ2n) is 7.31. The molecule has 0 aliphatic carbocycles. The molecule has 0 N–H and O–H groups in total. The van der Waals surface area contributed by atoms with Gasteiger partial charge in [-0.1, -0.05) is 59.2 Å². The monoisotopic (exact) mass is 408 g/mol. The van der Waals surface area contributed by atoms with Gasteiger partial charge in [0.05, 0.1) is 5.02 Å². The number of hydrogen-bond acceptors (Lipinski definition) is 3. The van der Waals surface area contributed by atoms with Crippen LogP contribution in [-0.4, -0.2) is 6.61 Å². The molecule has 29 heavy (non-hydrogen) atoms. The Kier molecular flexibility index (Phi) is 6.95. The number of ether oxygens (including phenoxy) is 1. The van der Waals surface area contributed by atoms with E-state index in [1.165, 1.54) is 17.2 Å². The third-order valence-corrected chi connectivity index (χ3v) is 4.94. The third-order valence-electron chi connectivity index (χ3n) is 4.64. The largest absolute Gasteiger partial charge is 0.488 e. The van der Waals surface area contributed by atoms with Gasteiger partial charge in [0.1, 0.15) is 17.9 Å². The molecule has 0 saturated heterocycles. The molecule has 4 heteroatoms. The molecule has 0 aliphatic rings. The number of benzene rings is 2. The fourth-order valence-electron chi connectivity index (χ4n) is 3.09. The van der Waals surface area contributed by atoms with Crippen molar-refractivity contribution in [2.75, 3.05) is 6.61 Å². The highest BCUT2D eigenvalue weighted by Gasteiger charge is 2.12. The van der Waals surface area contributed by atoms with Gasteiger partial charge in [-0.15, -0.1) is 0 Å². The summed E-state index contributed by atoms with van der Waals surface area (Å²) in [5, 5.41) is 1.26. The fraction of sp³-hybridized carbons (Fsp3) is 0.240. The van der Waals surface area contributed by atoms with Gasteiger partial charge >= 0.3 is 5.63 Å². The Morgan fingerprint density at radius 1 is 1.07 bits per heavy atom. The summed E-state index contributed by atoms with van der Waals surface area (Å²) in [6.45, 7) is 6.71. The van der Waals surface area contributed by atoms with Crippen molar-refractivity contribution in [2.45, 2.75) is 33.6 Å². The molecule has 0 unspecified atom stereocenters. The highest BCUT2D eigenvalue weighted by molar-refractivity contribution is 6.33. The van der Waals surface area contributed by atoms with Crippen LogP contribution in [0.3, 0.4) is 0 Å². The first kappa shape index (κ1) is 20.9. The van der Waals surface area contributed by atoms with Crippen LogP contribution in [0.2, 0.25) is 5.02 Å². The van der Waals surface area contributed by atoms with Gasteiger partial charge in [0.15, 0.2) is 0 Å². The highest BCUT2D eigenvalue weighted by Crippen LogP contribution is 2.34. The maximum Gasteiger partial charge on any atom is 0.336 e. The SMILES string of the molecule is CC(C)=CCC/C(C)=C/COc1cc2oc(=O)cc(-c3ccccc3)c2cc1Cl. The van der Waals surface area contributed by atoms with Crippen LogP contribution in [0.5, 0.6) is 5.75 Å². The molecule has 0 spiro atoms. The smallest absolute Gasteiger partial charge is 0.336 e. The van der Waals surface area contributed by atoms with E-state index in [0.29, 0.717) is 23.0 Å². The zero-order chi connectivity index (χ0) is 20.8. The molecule has 0 saturated carbocycles. The maximum atomic E-state index is 12.1. The van der Waals surface area contributed by atoms with Gasteiger partial charge in [0.25, 0.3) is 0 Å². The van der Waals surface area contributed by atoms with Gasteiger partial charge in [-0.2, -0.15) is 0 Å². The molecule has 1 aromatic heterocycles. The second-order valence-corrected chi connectivity index (χ2v) is 7.71. The summed E-state index contributed by atoms with van der Waals surface area (Å²) in [5.74, 6) is 0.501. The van der Waals surface area contributed by atoms with Gasteiger partial charge in [-0.05, 0) is 56.9 Å². The number of halogens is 1. The number of allylic oxidation sites excluding steroid dienone is 3. The van der Waals surface area contributed by atoms with Gasteiger partial charge in [-0.25, -0.2) is 4.79 Å². The molecule has 0 aliphatic heterocycles. The standard InChI is InChI=1S/C25H25ClO3/c1-17(2)8-7-9-18(3)12-13-28-24-16-23-21(14-22(24)26)20(15-25(27)29-23)19-10-5-4-6-11-19/h4-6,8,10-12,14-16H,7,9,13H2,1-3H3/b18-12+. The van der Waals surface area contributed by atoms with Crippen LogP contribution in [0.25, 0.3) is 22.1 Å². The van der Waals surface area contributed by atoms with Crippen molar-refractivity contribution in [3.63, 3.8) is 0 Å². The lowest BCUT2D eigenvalue weighted by atomic mass is 10.0. The van der Waals surface area contributed by atoms with Crippen molar-refractivity contribution in [2.24, 2.45) is 0 Å².